The molecule has 21 heavy (non-hydrogen) atoms. The van der Waals surface area contributed by atoms with E-state index in [-0.39, 0.29) is 22.4 Å². The summed E-state index contributed by atoms with van der Waals surface area (Å²) >= 11 is 0. The molecule has 0 spiro atoms. The summed E-state index contributed by atoms with van der Waals surface area (Å²) in [6, 6.07) is 4.08. The minimum atomic E-state index is -0.483. The maximum absolute atomic E-state index is 14.2. The summed E-state index contributed by atoms with van der Waals surface area (Å²) in [4.78, 5) is 12.2. The van der Waals surface area contributed by atoms with E-state index < -0.39 is 11.6 Å². The molecule has 2 aromatic rings. The van der Waals surface area contributed by atoms with Crippen LogP contribution in [0.3, 0.4) is 0 Å². The van der Waals surface area contributed by atoms with Crippen molar-refractivity contribution in [2.45, 2.75) is 33.6 Å². The van der Waals surface area contributed by atoms with Gasteiger partial charge in [-0.15, -0.1) is 0 Å². The van der Waals surface area contributed by atoms with Crippen LogP contribution in [-0.2, 0) is 6.42 Å². The lowest BCUT2D eigenvalue weighted by atomic mass is 9.76. The number of carbonyl (C=O) groups excluding carboxylic acids is 1. The van der Waals surface area contributed by atoms with Gasteiger partial charge in [-0.05, 0) is 36.5 Å². The number of ketones is 1. The van der Waals surface area contributed by atoms with Gasteiger partial charge >= 0.3 is 0 Å². The van der Waals surface area contributed by atoms with Crippen LogP contribution in [0.1, 0.15) is 41.9 Å². The Morgan fingerprint density at radius 2 is 1.86 bits per heavy atom. The lowest BCUT2D eigenvalue weighted by Gasteiger charge is -2.29. The second-order valence-corrected chi connectivity index (χ2v) is 6.54. The Labute approximate surface area is 122 Å². The molecule has 1 aromatic carbocycles. The van der Waals surface area contributed by atoms with Crippen LogP contribution < -0.4 is 0 Å². The molecule has 1 aromatic heterocycles. The lowest BCUT2D eigenvalue weighted by molar-refractivity contribution is 0.0911. The summed E-state index contributed by atoms with van der Waals surface area (Å²) in [5.74, 6) is -0.869. The van der Waals surface area contributed by atoms with E-state index in [1.807, 2.05) is 13.8 Å². The minimum Gasteiger partial charge on any atom is -0.317 e. The van der Waals surface area contributed by atoms with Gasteiger partial charge in [0.25, 0.3) is 0 Å². The van der Waals surface area contributed by atoms with Crippen molar-refractivity contribution in [2.24, 2.45) is 5.41 Å². The van der Waals surface area contributed by atoms with Crippen molar-refractivity contribution in [3.8, 4) is 5.69 Å². The zero-order chi connectivity index (χ0) is 15.4. The first-order valence-corrected chi connectivity index (χ1v) is 6.98. The second-order valence-electron chi connectivity index (χ2n) is 6.54. The van der Waals surface area contributed by atoms with Crippen molar-refractivity contribution in [1.29, 1.82) is 0 Å². The van der Waals surface area contributed by atoms with E-state index in [2.05, 4.69) is 0 Å². The fourth-order valence-electron chi connectivity index (χ4n) is 2.99. The zero-order valence-corrected chi connectivity index (χ0v) is 12.3. The molecule has 4 heteroatoms. The van der Waals surface area contributed by atoms with E-state index in [1.165, 1.54) is 19.1 Å². The molecular weight excluding hydrogens is 272 g/mol. The standard InChI is InChI=1S/C17H17F2NO/c1-10-6-13(19)14(7-12(10)18)20-5-4-11-15(20)8-17(2,3)9-16(11)21/h4-7H,8-9H2,1-3H3. The average Bonchev–Trinajstić information content (AvgIpc) is 2.76. The number of fused-ring (bicyclic) bond motifs is 1. The maximum atomic E-state index is 14.2. The summed E-state index contributed by atoms with van der Waals surface area (Å²) in [7, 11) is 0. The fourth-order valence-corrected chi connectivity index (χ4v) is 2.99. The summed E-state index contributed by atoms with van der Waals surface area (Å²) in [5.41, 5.74) is 1.64. The first-order valence-electron chi connectivity index (χ1n) is 6.98. The van der Waals surface area contributed by atoms with Crippen molar-refractivity contribution >= 4 is 5.78 Å². The van der Waals surface area contributed by atoms with Crippen molar-refractivity contribution in [3.05, 3.63) is 52.9 Å². The Kier molecular flexibility index (Phi) is 3.01. The number of halogens is 2. The third-order valence-electron chi connectivity index (χ3n) is 4.07. The van der Waals surface area contributed by atoms with Gasteiger partial charge in [0, 0.05) is 29.9 Å². The van der Waals surface area contributed by atoms with Gasteiger partial charge in [0.15, 0.2) is 5.78 Å². The van der Waals surface area contributed by atoms with E-state index in [0.29, 0.717) is 18.4 Å². The number of aromatic nitrogens is 1. The number of aryl methyl sites for hydroxylation is 1. The highest BCUT2D eigenvalue weighted by atomic mass is 19.1. The first kappa shape index (κ1) is 14.0. The first-order chi connectivity index (χ1) is 9.78. The van der Waals surface area contributed by atoms with Gasteiger partial charge in [-0.2, -0.15) is 0 Å². The molecule has 1 heterocycles. The largest absolute Gasteiger partial charge is 0.317 e. The Balaban J connectivity index is 2.19. The molecule has 0 saturated carbocycles. The highest BCUT2D eigenvalue weighted by Gasteiger charge is 2.33. The summed E-state index contributed by atoms with van der Waals surface area (Å²) in [6.07, 6.45) is 2.79. The number of carbonyl (C=O) groups is 1. The van der Waals surface area contributed by atoms with Gasteiger partial charge in [-0.3, -0.25) is 4.79 Å². The van der Waals surface area contributed by atoms with Crippen LogP contribution in [0.5, 0.6) is 0 Å². The van der Waals surface area contributed by atoms with Crippen LogP contribution in [0.2, 0.25) is 0 Å². The van der Waals surface area contributed by atoms with E-state index in [0.717, 1.165) is 5.69 Å². The normalized spacial score (nSPS) is 16.9. The second kappa shape index (κ2) is 4.52. The maximum Gasteiger partial charge on any atom is 0.165 e. The molecule has 0 amide bonds. The molecular formula is C17H17F2NO. The van der Waals surface area contributed by atoms with Crippen molar-refractivity contribution < 1.29 is 13.6 Å². The smallest absolute Gasteiger partial charge is 0.165 e. The SMILES string of the molecule is Cc1cc(F)c(-n2ccc3c2CC(C)(C)CC3=O)cc1F. The van der Waals surface area contributed by atoms with Gasteiger partial charge in [-0.1, -0.05) is 13.8 Å². The van der Waals surface area contributed by atoms with Crippen LogP contribution in [0.4, 0.5) is 8.78 Å². The number of hydrogen-bond acceptors (Lipinski definition) is 1. The molecule has 0 N–H and O–H groups in total. The summed E-state index contributed by atoms with van der Waals surface area (Å²) in [5, 5.41) is 0. The molecule has 3 rings (SSSR count). The van der Waals surface area contributed by atoms with Crippen LogP contribution in [0.25, 0.3) is 5.69 Å². The lowest BCUT2D eigenvalue weighted by Crippen LogP contribution is -2.27. The molecule has 1 aliphatic carbocycles. The molecule has 0 unspecified atom stereocenters. The van der Waals surface area contributed by atoms with Gasteiger partial charge in [0.05, 0.1) is 5.69 Å². The fraction of sp³-hybridized carbons (Fsp3) is 0.353. The predicted octanol–water partition coefficient (Wildman–Crippen LogP) is 4.22. The third kappa shape index (κ3) is 2.28. The predicted molar refractivity (Wildman–Crippen MR) is 76.9 cm³/mol. The Hall–Kier alpha value is -1.97. The molecule has 110 valence electrons. The highest BCUT2D eigenvalue weighted by molar-refractivity contribution is 5.99. The van der Waals surface area contributed by atoms with Gasteiger partial charge in [0.2, 0.25) is 0 Å². The van der Waals surface area contributed by atoms with Crippen LogP contribution >= 0.6 is 0 Å². The number of hydrogen-bond donors (Lipinski definition) is 0. The molecule has 0 radical (unpaired) electrons. The van der Waals surface area contributed by atoms with E-state index in [1.54, 1.807) is 16.8 Å². The van der Waals surface area contributed by atoms with Crippen LogP contribution in [-0.4, -0.2) is 10.4 Å². The zero-order valence-electron chi connectivity index (χ0n) is 12.3. The molecule has 0 aliphatic heterocycles. The molecule has 0 atom stereocenters. The van der Waals surface area contributed by atoms with Gasteiger partial charge in [0.1, 0.15) is 11.6 Å². The highest BCUT2D eigenvalue weighted by Crippen LogP contribution is 2.36. The van der Waals surface area contributed by atoms with Crippen molar-refractivity contribution in [1.82, 2.24) is 4.57 Å². The molecule has 1 aliphatic rings. The Morgan fingerprint density at radius 3 is 2.57 bits per heavy atom. The molecule has 0 saturated heterocycles. The number of nitrogens with zero attached hydrogens (tertiary/aromatic N) is 1. The van der Waals surface area contributed by atoms with E-state index in [4.69, 9.17) is 0 Å². The minimum absolute atomic E-state index is 0.0630. The van der Waals surface area contributed by atoms with E-state index >= 15 is 0 Å². The Morgan fingerprint density at radius 1 is 1.14 bits per heavy atom. The van der Waals surface area contributed by atoms with Crippen molar-refractivity contribution in [3.63, 3.8) is 0 Å². The number of rotatable bonds is 1. The van der Waals surface area contributed by atoms with E-state index in [9.17, 15) is 13.6 Å². The molecule has 0 bridgehead atoms. The summed E-state index contributed by atoms with van der Waals surface area (Å²) in [6.45, 7) is 5.55. The Bertz CT molecular complexity index is 743. The van der Waals surface area contributed by atoms with Crippen LogP contribution in [0.15, 0.2) is 24.4 Å². The number of Topliss-reactive ketones (excluding diaryl/α,β-unsaturated/α-hetero) is 1. The third-order valence-corrected chi connectivity index (χ3v) is 4.07. The van der Waals surface area contributed by atoms with Gasteiger partial charge < -0.3 is 4.57 Å². The topological polar surface area (TPSA) is 22.0 Å². The van der Waals surface area contributed by atoms with Gasteiger partial charge in [-0.25, -0.2) is 8.78 Å². The van der Waals surface area contributed by atoms with Crippen molar-refractivity contribution in [2.75, 3.05) is 0 Å². The average molecular weight is 289 g/mol. The quantitative estimate of drug-likeness (QED) is 0.770. The number of benzene rings is 1. The molecule has 2 nitrogen and oxygen atoms in total. The molecule has 0 fully saturated rings. The monoisotopic (exact) mass is 289 g/mol. The summed E-state index contributed by atoms with van der Waals surface area (Å²) < 4.78 is 29.5. The van der Waals surface area contributed by atoms with Crippen LogP contribution in [0, 0.1) is 24.0 Å².